The molecule has 4 aliphatic rings. The van der Waals surface area contributed by atoms with Gasteiger partial charge in [0, 0.05) is 17.5 Å². The van der Waals surface area contributed by atoms with E-state index in [-0.39, 0.29) is 17.4 Å². The second-order valence-corrected chi connectivity index (χ2v) is 11.8. The van der Waals surface area contributed by atoms with Crippen molar-refractivity contribution in [3.8, 4) is 0 Å². The van der Waals surface area contributed by atoms with Crippen molar-refractivity contribution in [1.82, 2.24) is 4.98 Å². The fourth-order valence-corrected chi connectivity index (χ4v) is 8.02. The molecular weight excluding hydrogens is 432 g/mol. The van der Waals surface area contributed by atoms with Crippen molar-refractivity contribution in [2.75, 3.05) is 5.73 Å². The minimum atomic E-state index is -0.956. The minimum Gasteiger partial charge on any atom is -0.393 e. The number of nitrogen functional groups attached to an aromatic ring is 1. The van der Waals surface area contributed by atoms with Crippen LogP contribution in [0.2, 0.25) is 0 Å². The second kappa shape index (κ2) is 7.31. The maximum Gasteiger partial charge on any atom is 0.123 e. The Hall–Kier alpha value is -1.88. The minimum absolute atomic E-state index is 0.0772. The van der Waals surface area contributed by atoms with Crippen molar-refractivity contribution in [1.29, 1.82) is 0 Å². The van der Waals surface area contributed by atoms with Crippen molar-refractivity contribution in [2.24, 2.45) is 17.3 Å². The molecule has 0 amide bonds. The molecule has 0 radical (unpaired) electrons. The van der Waals surface area contributed by atoms with E-state index in [9.17, 15) is 10.2 Å². The van der Waals surface area contributed by atoms with Gasteiger partial charge in [-0.15, -0.1) is 11.6 Å². The summed E-state index contributed by atoms with van der Waals surface area (Å²) in [4.78, 5) is 3.52. The fourth-order valence-electron chi connectivity index (χ4n) is 7.56. The molecule has 1 aromatic carbocycles. The van der Waals surface area contributed by atoms with Gasteiger partial charge >= 0.3 is 0 Å². The maximum atomic E-state index is 12.3. The quantitative estimate of drug-likeness (QED) is 0.378. The molecular formula is C28H33ClN2O2. The highest BCUT2D eigenvalue weighted by Crippen LogP contribution is 2.65. The van der Waals surface area contributed by atoms with Crippen LogP contribution in [0.4, 0.5) is 5.82 Å². The Morgan fingerprint density at radius 3 is 2.79 bits per heavy atom. The summed E-state index contributed by atoms with van der Waals surface area (Å²) in [6.45, 7) is 2.32. The molecule has 0 bridgehead atoms. The van der Waals surface area contributed by atoms with E-state index in [1.165, 1.54) is 16.7 Å². The molecule has 5 heteroatoms. The number of anilines is 1. The Morgan fingerprint density at radius 2 is 1.94 bits per heavy atom. The zero-order chi connectivity index (χ0) is 23.0. The number of hydrogen-bond acceptors (Lipinski definition) is 4. The molecule has 4 nitrogen and oxygen atoms in total. The summed E-state index contributed by atoms with van der Waals surface area (Å²) in [6.07, 6.45) is 12.8. The van der Waals surface area contributed by atoms with Gasteiger partial charge in [0.15, 0.2) is 0 Å². The fraction of sp³-hybridized carbons (Fsp3) is 0.536. The Bertz CT molecular complexity index is 1190. The van der Waals surface area contributed by atoms with Gasteiger partial charge in [-0.1, -0.05) is 36.8 Å². The standard InChI is InChI=1S/C28H33ClN2O2/c1-26-10-11-27(29)15-20-13-22(32)5-4-17(20)8-9-28(27,33)24(26)7-6-23(26)19-3-2-18-14-25(30)31-16-21(18)12-19/h2-3,6,12,14-17,22,24,32-33H,4-5,7-11,13H2,1H3,(H2,30,31)/t17?,22?,24?,26?,27?,28-/m0/s1. The molecule has 0 saturated heterocycles. The van der Waals surface area contributed by atoms with Crippen molar-refractivity contribution in [3.63, 3.8) is 0 Å². The maximum absolute atomic E-state index is 12.3. The molecule has 4 aliphatic carbocycles. The molecule has 2 saturated carbocycles. The third-order valence-electron chi connectivity index (χ3n) is 9.43. The van der Waals surface area contributed by atoms with Gasteiger partial charge in [0.1, 0.15) is 5.82 Å². The van der Waals surface area contributed by atoms with Crippen LogP contribution in [0.5, 0.6) is 0 Å². The van der Waals surface area contributed by atoms with E-state index < -0.39 is 10.5 Å². The first kappa shape index (κ1) is 21.6. The Kier molecular flexibility index (Phi) is 4.79. The summed E-state index contributed by atoms with van der Waals surface area (Å²) in [6, 6.07) is 8.42. The molecule has 2 fully saturated rings. The first-order chi connectivity index (χ1) is 15.7. The van der Waals surface area contributed by atoms with Crippen LogP contribution in [0.3, 0.4) is 0 Å². The molecule has 1 heterocycles. The van der Waals surface area contributed by atoms with E-state index >= 15 is 0 Å². The molecule has 6 rings (SSSR count). The number of fused-ring (bicyclic) bond motifs is 5. The van der Waals surface area contributed by atoms with Crippen LogP contribution < -0.4 is 5.73 Å². The summed E-state index contributed by atoms with van der Waals surface area (Å²) >= 11 is 7.35. The first-order valence-corrected chi connectivity index (χ1v) is 12.8. The Labute approximate surface area is 200 Å². The zero-order valence-corrected chi connectivity index (χ0v) is 20.0. The topological polar surface area (TPSA) is 79.4 Å². The van der Waals surface area contributed by atoms with Crippen molar-refractivity contribution in [3.05, 3.63) is 53.8 Å². The molecule has 4 N–H and O–H groups in total. The van der Waals surface area contributed by atoms with Gasteiger partial charge in [-0.25, -0.2) is 4.98 Å². The largest absolute Gasteiger partial charge is 0.393 e. The van der Waals surface area contributed by atoms with Gasteiger partial charge in [-0.05, 0) is 91.4 Å². The Morgan fingerprint density at radius 1 is 1.09 bits per heavy atom. The number of nitrogens with zero attached hydrogens (tertiary/aromatic N) is 1. The molecule has 6 atom stereocenters. The van der Waals surface area contributed by atoms with Gasteiger partial charge in [-0.2, -0.15) is 0 Å². The van der Waals surface area contributed by atoms with E-state index in [4.69, 9.17) is 17.3 Å². The average Bonchev–Trinajstić information content (AvgIpc) is 3.09. The van der Waals surface area contributed by atoms with Gasteiger partial charge in [0.2, 0.25) is 0 Å². The lowest BCUT2D eigenvalue weighted by Gasteiger charge is -2.56. The number of aromatic nitrogens is 1. The van der Waals surface area contributed by atoms with Crippen LogP contribution in [0, 0.1) is 17.3 Å². The van der Waals surface area contributed by atoms with Crippen molar-refractivity contribution >= 4 is 33.8 Å². The van der Waals surface area contributed by atoms with E-state index in [2.05, 4.69) is 42.3 Å². The number of alkyl halides is 1. The van der Waals surface area contributed by atoms with E-state index in [0.717, 1.165) is 55.7 Å². The van der Waals surface area contributed by atoms with Crippen LogP contribution >= 0.6 is 11.6 Å². The number of halogens is 1. The number of nitrogens with two attached hydrogens (primary N) is 1. The average molecular weight is 465 g/mol. The van der Waals surface area contributed by atoms with Crippen molar-refractivity contribution < 1.29 is 10.2 Å². The molecule has 5 unspecified atom stereocenters. The van der Waals surface area contributed by atoms with E-state index in [1.54, 1.807) is 0 Å². The van der Waals surface area contributed by atoms with Crippen LogP contribution in [0.25, 0.3) is 16.3 Å². The predicted molar refractivity (Wildman–Crippen MR) is 134 cm³/mol. The molecule has 174 valence electrons. The zero-order valence-electron chi connectivity index (χ0n) is 19.2. The van der Waals surface area contributed by atoms with Gasteiger partial charge in [0.25, 0.3) is 0 Å². The third-order valence-corrected chi connectivity index (χ3v) is 10.1. The molecule has 2 aromatic rings. The van der Waals surface area contributed by atoms with Gasteiger partial charge in [0.05, 0.1) is 16.6 Å². The van der Waals surface area contributed by atoms with Crippen molar-refractivity contribution in [2.45, 2.75) is 74.9 Å². The van der Waals surface area contributed by atoms with Crippen LogP contribution in [0.15, 0.2) is 48.2 Å². The number of allylic oxidation sites excluding steroid dienone is 2. The summed E-state index contributed by atoms with van der Waals surface area (Å²) in [5.41, 5.74) is 8.58. The monoisotopic (exact) mass is 464 g/mol. The van der Waals surface area contributed by atoms with E-state index in [1.807, 2.05) is 12.3 Å². The number of hydrogen-bond donors (Lipinski definition) is 3. The number of aliphatic hydroxyl groups is 2. The van der Waals surface area contributed by atoms with Crippen LogP contribution in [-0.4, -0.2) is 31.8 Å². The summed E-state index contributed by atoms with van der Waals surface area (Å²) in [5.74, 6) is 1.05. The molecule has 0 spiro atoms. The molecule has 33 heavy (non-hydrogen) atoms. The summed E-state index contributed by atoms with van der Waals surface area (Å²) < 4.78 is 0. The van der Waals surface area contributed by atoms with Crippen LogP contribution in [0.1, 0.15) is 63.9 Å². The SMILES string of the molecule is CC12CCC3(Cl)C=C4CC(O)CCC4CC[C@]3(O)C1CC=C2c1ccc2cc(N)ncc2c1. The molecule has 0 aliphatic heterocycles. The lowest BCUT2D eigenvalue weighted by Crippen LogP contribution is -2.61. The number of rotatable bonds is 1. The summed E-state index contributed by atoms with van der Waals surface area (Å²) in [7, 11) is 0. The summed E-state index contributed by atoms with van der Waals surface area (Å²) in [5, 5.41) is 24.8. The predicted octanol–water partition coefficient (Wildman–Crippen LogP) is 5.61. The first-order valence-electron chi connectivity index (χ1n) is 12.4. The van der Waals surface area contributed by atoms with Gasteiger partial charge in [-0.3, -0.25) is 0 Å². The number of pyridine rings is 1. The van der Waals surface area contributed by atoms with Crippen LogP contribution in [-0.2, 0) is 0 Å². The lowest BCUT2D eigenvalue weighted by molar-refractivity contribution is -0.106. The highest BCUT2D eigenvalue weighted by atomic mass is 35.5. The highest BCUT2D eigenvalue weighted by Gasteiger charge is 2.64. The normalized spacial score (nSPS) is 40.3. The second-order valence-electron chi connectivity index (χ2n) is 11.2. The highest BCUT2D eigenvalue weighted by molar-refractivity contribution is 6.26. The third kappa shape index (κ3) is 3.14. The smallest absolute Gasteiger partial charge is 0.123 e. The number of benzene rings is 1. The lowest BCUT2D eigenvalue weighted by atomic mass is 9.54. The molecule has 1 aromatic heterocycles. The Balaban J connectivity index is 1.37. The van der Waals surface area contributed by atoms with Gasteiger partial charge < -0.3 is 15.9 Å². The van der Waals surface area contributed by atoms with E-state index in [0.29, 0.717) is 18.2 Å². The number of aliphatic hydroxyl groups excluding tert-OH is 1.